The van der Waals surface area contributed by atoms with Gasteiger partial charge in [0.2, 0.25) is 11.8 Å². The molecule has 0 aliphatic heterocycles. The first-order valence-corrected chi connectivity index (χ1v) is 16.8. The number of rotatable bonds is 12. The summed E-state index contributed by atoms with van der Waals surface area (Å²) in [7, 11) is -4.19. The standard InChI is InChI=1S/C35H37Cl2N3O4S/c1-5-38-35(42)33(20-27-9-7-6-8-10-27)39(22-28-14-15-29(36)21-32(28)37)34(41)23-40(30-16-13-25(3)26(4)19-30)45(43,44)31-17-11-24(2)12-18-31/h6-19,21,33H,5,20,22-23H2,1-4H3,(H,38,42). The van der Waals surface area contributed by atoms with E-state index in [0.29, 0.717) is 27.8 Å². The summed E-state index contributed by atoms with van der Waals surface area (Å²) in [5.74, 6) is -0.930. The number of hydrogen-bond acceptors (Lipinski definition) is 4. The fraction of sp³-hybridized carbons (Fsp3) is 0.257. The smallest absolute Gasteiger partial charge is 0.264 e. The lowest BCUT2D eigenvalue weighted by atomic mass is 10.0. The van der Waals surface area contributed by atoms with Gasteiger partial charge >= 0.3 is 0 Å². The van der Waals surface area contributed by atoms with Gasteiger partial charge in [0.15, 0.2) is 0 Å². The number of sulfonamides is 1. The number of carbonyl (C=O) groups is 2. The van der Waals surface area contributed by atoms with E-state index in [0.717, 1.165) is 26.6 Å². The van der Waals surface area contributed by atoms with Crippen LogP contribution in [0.1, 0.15) is 34.7 Å². The third-order valence-electron chi connectivity index (χ3n) is 7.64. The highest BCUT2D eigenvalue weighted by Crippen LogP contribution is 2.28. The average molecular weight is 667 g/mol. The second-order valence-corrected chi connectivity index (χ2v) is 13.7. The Labute approximate surface area is 275 Å². The van der Waals surface area contributed by atoms with Crippen LogP contribution in [0.15, 0.2) is 95.9 Å². The summed E-state index contributed by atoms with van der Waals surface area (Å²) < 4.78 is 29.5. The van der Waals surface area contributed by atoms with Crippen LogP contribution >= 0.6 is 23.2 Å². The number of nitrogens with zero attached hydrogens (tertiary/aromatic N) is 2. The van der Waals surface area contributed by atoms with Gasteiger partial charge in [-0.15, -0.1) is 0 Å². The van der Waals surface area contributed by atoms with Crippen molar-refractivity contribution in [2.45, 2.75) is 51.6 Å². The predicted molar refractivity (Wildman–Crippen MR) is 181 cm³/mol. The number of hydrogen-bond donors (Lipinski definition) is 1. The van der Waals surface area contributed by atoms with Crippen LogP contribution in [0.4, 0.5) is 5.69 Å². The molecule has 10 heteroatoms. The highest BCUT2D eigenvalue weighted by molar-refractivity contribution is 7.92. The van der Waals surface area contributed by atoms with E-state index in [2.05, 4.69) is 5.32 Å². The van der Waals surface area contributed by atoms with E-state index in [4.69, 9.17) is 23.2 Å². The fourth-order valence-corrected chi connectivity index (χ4v) is 6.80. The summed E-state index contributed by atoms with van der Waals surface area (Å²) in [5, 5.41) is 3.61. The molecule has 0 radical (unpaired) electrons. The molecule has 0 aliphatic carbocycles. The molecule has 236 valence electrons. The van der Waals surface area contributed by atoms with Crippen molar-refractivity contribution in [3.63, 3.8) is 0 Å². The minimum Gasteiger partial charge on any atom is -0.355 e. The molecule has 2 amide bonds. The highest BCUT2D eigenvalue weighted by Gasteiger charge is 2.35. The number of halogens is 2. The van der Waals surface area contributed by atoms with Crippen molar-refractivity contribution in [2.75, 3.05) is 17.4 Å². The largest absolute Gasteiger partial charge is 0.355 e. The monoisotopic (exact) mass is 665 g/mol. The third kappa shape index (κ3) is 8.45. The number of nitrogens with one attached hydrogen (secondary N) is 1. The van der Waals surface area contributed by atoms with Gasteiger partial charge in [-0.3, -0.25) is 13.9 Å². The molecular weight excluding hydrogens is 629 g/mol. The molecule has 4 aromatic rings. The van der Waals surface area contributed by atoms with E-state index in [1.807, 2.05) is 57.2 Å². The van der Waals surface area contributed by atoms with E-state index < -0.39 is 28.5 Å². The molecule has 0 bridgehead atoms. The molecule has 1 N–H and O–H groups in total. The van der Waals surface area contributed by atoms with Gasteiger partial charge in [-0.1, -0.05) is 83.4 Å². The second kappa shape index (κ2) is 15.0. The van der Waals surface area contributed by atoms with Crippen molar-refractivity contribution in [2.24, 2.45) is 0 Å². The molecule has 0 heterocycles. The topological polar surface area (TPSA) is 86.8 Å². The van der Waals surface area contributed by atoms with Crippen LogP contribution in [0.3, 0.4) is 0 Å². The van der Waals surface area contributed by atoms with Crippen molar-refractivity contribution in [3.05, 3.63) is 129 Å². The van der Waals surface area contributed by atoms with Crippen LogP contribution in [0.25, 0.3) is 0 Å². The van der Waals surface area contributed by atoms with Crippen molar-refractivity contribution < 1.29 is 18.0 Å². The van der Waals surface area contributed by atoms with Crippen LogP contribution < -0.4 is 9.62 Å². The lowest BCUT2D eigenvalue weighted by Gasteiger charge is -2.34. The van der Waals surface area contributed by atoms with Crippen molar-refractivity contribution >= 4 is 50.7 Å². The van der Waals surface area contributed by atoms with Crippen LogP contribution in [0.5, 0.6) is 0 Å². The van der Waals surface area contributed by atoms with Gasteiger partial charge in [0.05, 0.1) is 10.6 Å². The Kier molecular flexibility index (Phi) is 11.3. The van der Waals surface area contributed by atoms with Gasteiger partial charge in [-0.2, -0.15) is 0 Å². The summed E-state index contributed by atoms with van der Waals surface area (Å²) in [4.78, 5) is 29.6. The SMILES string of the molecule is CCNC(=O)C(Cc1ccccc1)N(Cc1ccc(Cl)cc1Cl)C(=O)CN(c1ccc(C)c(C)c1)S(=O)(=O)c1ccc(C)cc1. The van der Waals surface area contributed by atoms with Gasteiger partial charge in [0, 0.05) is 29.6 Å². The summed E-state index contributed by atoms with van der Waals surface area (Å²) in [5.41, 5.74) is 4.51. The number of anilines is 1. The van der Waals surface area contributed by atoms with Gasteiger partial charge < -0.3 is 10.2 Å². The molecule has 0 saturated carbocycles. The molecule has 7 nitrogen and oxygen atoms in total. The van der Waals surface area contributed by atoms with Gasteiger partial charge in [0.1, 0.15) is 12.6 Å². The Morgan fingerprint density at radius 2 is 1.53 bits per heavy atom. The number of carbonyl (C=O) groups excluding carboxylic acids is 2. The molecule has 0 fully saturated rings. The molecule has 0 aliphatic rings. The maximum absolute atomic E-state index is 14.5. The summed E-state index contributed by atoms with van der Waals surface area (Å²) in [6.07, 6.45) is 0.206. The van der Waals surface area contributed by atoms with Crippen LogP contribution in [0.2, 0.25) is 10.0 Å². The van der Waals surface area contributed by atoms with E-state index >= 15 is 0 Å². The minimum absolute atomic E-state index is 0.0468. The molecule has 0 aromatic heterocycles. The first-order chi connectivity index (χ1) is 21.4. The zero-order valence-electron chi connectivity index (χ0n) is 25.8. The molecule has 1 unspecified atom stereocenters. The first-order valence-electron chi connectivity index (χ1n) is 14.6. The fourth-order valence-electron chi connectivity index (χ4n) is 4.93. The quantitative estimate of drug-likeness (QED) is 0.179. The zero-order chi connectivity index (χ0) is 32.7. The summed E-state index contributed by atoms with van der Waals surface area (Å²) in [6, 6.07) is 25.1. The van der Waals surface area contributed by atoms with Crippen LogP contribution in [-0.4, -0.2) is 44.3 Å². The van der Waals surface area contributed by atoms with Gasteiger partial charge in [0.25, 0.3) is 10.0 Å². The lowest BCUT2D eigenvalue weighted by molar-refractivity contribution is -0.140. The Morgan fingerprint density at radius 1 is 0.844 bits per heavy atom. The van der Waals surface area contributed by atoms with Gasteiger partial charge in [-0.25, -0.2) is 8.42 Å². The highest BCUT2D eigenvalue weighted by atomic mass is 35.5. The zero-order valence-corrected chi connectivity index (χ0v) is 28.1. The van der Waals surface area contributed by atoms with E-state index in [1.54, 1.807) is 49.4 Å². The molecule has 1 atom stereocenters. The van der Waals surface area contributed by atoms with E-state index in [1.165, 1.54) is 17.0 Å². The van der Waals surface area contributed by atoms with E-state index in [9.17, 15) is 18.0 Å². The molecule has 0 saturated heterocycles. The number of benzene rings is 4. The number of likely N-dealkylation sites (N-methyl/N-ethyl adjacent to an activating group) is 1. The van der Waals surface area contributed by atoms with Crippen LogP contribution in [0, 0.1) is 20.8 Å². The normalized spacial score (nSPS) is 12.0. The minimum atomic E-state index is -4.19. The summed E-state index contributed by atoms with van der Waals surface area (Å²) >= 11 is 12.7. The Balaban J connectivity index is 1.83. The third-order valence-corrected chi connectivity index (χ3v) is 10.0. The first kappa shape index (κ1) is 34.0. The maximum atomic E-state index is 14.5. The average Bonchev–Trinajstić information content (AvgIpc) is 3.00. The van der Waals surface area contributed by atoms with Crippen molar-refractivity contribution in [1.82, 2.24) is 10.2 Å². The lowest BCUT2D eigenvalue weighted by Crippen LogP contribution is -2.53. The van der Waals surface area contributed by atoms with Crippen LogP contribution in [-0.2, 0) is 32.6 Å². The molecule has 4 rings (SSSR count). The molecular formula is C35H37Cl2N3O4S. The maximum Gasteiger partial charge on any atom is 0.264 e. The molecule has 4 aromatic carbocycles. The summed E-state index contributed by atoms with van der Waals surface area (Å²) in [6.45, 7) is 7.25. The Bertz CT molecular complexity index is 1760. The Hall–Kier alpha value is -3.85. The molecule has 45 heavy (non-hydrogen) atoms. The Morgan fingerprint density at radius 3 is 2.16 bits per heavy atom. The predicted octanol–water partition coefficient (Wildman–Crippen LogP) is 6.89. The van der Waals surface area contributed by atoms with Crippen molar-refractivity contribution in [1.29, 1.82) is 0 Å². The van der Waals surface area contributed by atoms with Crippen molar-refractivity contribution in [3.8, 4) is 0 Å². The number of amides is 2. The molecule has 0 spiro atoms. The van der Waals surface area contributed by atoms with Gasteiger partial charge in [-0.05, 0) is 86.3 Å². The van der Waals surface area contributed by atoms with E-state index in [-0.39, 0.29) is 23.8 Å². The number of aryl methyl sites for hydroxylation is 3. The second-order valence-electron chi connectivity index (χ2n) is 11.0.